The predicted molar refractivity (Wildman–Crippen MR) is 69.0 cm³/mol. The Morgan fingerprint density at radius 3 is 2.88 bits per heavy atom. The van der Waals surface area contributed by atoms with Crippen LogP contribution in [0.2, 0.25) is 5.02 Å². The Balaban J connectivity index is 2.50. The summed E-state index contributed by atoms with van der Waals surface area (Å²) < 4.78 is 10.9. The molecule has 0 radical (unpaired) electrons. The fraction of sp³-hybridized carbons (Fsp3) is 0.538. The third kappa shape index (κ3) is 2.22. The predicted octanol–water partition coefficient (Wildman–Crippen LogP) is 3.08. The quantitative estimate of drug-likeness (QED) is 0.899. The second kappa shape index (κ2) is 5.15. The van der Waals surface area contributed by atoms with Crippen LogP contribution in [0.5, 0.6) is 11.5 Å². The van der Waals surface area contributed by atoms with Crippen LogP contribution in [0.25, 0.3) is 0 Å². The molecule has 17 heavy (non-hydrogen) atoms. The lowest BCUT2D eigenvalue weighted by Gasteiger charge is -2.18. The number of halogens is 1. The van der Waals surface area contributed by atoms with Gasteiger partial charge in [-0.25, -0.2) is 0 Å². The van der Waals surface area contributed by atoms with Gasteiger partial charge in [-0.3, -0.25) is 0 Å². The van der Waals surface area contributed by atoms with Crippen LogP contribution >= 0.6 is 11.6 Å². The molecule has 0 saturated heterocycles. The van der Waals surface area contributed by atoms with Crippen LogP contribution in [0.1, 0.15) is 37.3 Å². The van der Waals surface area contributed by atoms with Crippen molar-refractivity contribution >= 4 is 11.6 Å². The van der Waals surface area contributed by atoms with Gasteiger partial charge >= 0.3 is 0 Å². The fourth-order valence-electron chi connectivity index (χ4n) is 2.37. The zero-order chi connectivity index (χ0) is 12.4. The first-order valence-corrected chi connectivity index (χ1v) is 6.37. The molecular formula is C13H18ClNO2. The molecule has 0 bridgehead atoms. The number of ether oxygens (including phenoxy) is 2. The fourth-order valence-corrected chi connectivity index (χ4v) is 2.77. The molecule has 0 saturated carbocycles. The van der Waals surface area contributed by atoms with E-state index < -0.39 is 0 Å². The molecule has 0 fully saturated rings. The minimum atomic E-state index is 0.285. The summed E-state index contributed by atoms with van der Waals surface area (Å²) in [4.78, 5) is 0. The Bertz CT molecular complexity index is 420. The zero-order valence-electron chi connectivity index (χ0n) is 10.3. The van der Waals surface area contributed by atoms with Crippen LogP contribution < -0.4 is 15.2 Å². The van der Waals surface area contributed by atoms with Crippen molar-refractivity contribution in [2.45, 2.75) is 32.6 Å². The molecule has 2 N–H and O–H groups in total. The van der Waals surface area contributed by atoms with Crippen molar-refractivity contribution in [2.24, 2.45) is 5.73 Å². The van der Waals surface area contributed by atoms with Crippen molar-refractivity contribution in [3.8, 4) is 11.5 Å². The number of hydrogen-bond acceptors (Lipinski definition) is 3. The molecule has 4 heteroatoms. The SMILES string of the molecule is CCc1c2c(cc(Cl)c1C(C)CCN)OCO2. The highest BCUT2D eigenvalue weighted by Crippen LogP contribution is 2.44. The van der Waals surface area contributed by atoms with Gasteiger partial charge in [0, 0.05) is 16.7 Å². The summed E-state index contributed by atoms with van der Waals surface area (Å²) in [5, 5.41) is 0.757. The van der Waals surface area contributed by atoms with Gasteiger partial charge in [-0.2, -0.15) is 0 Å². The van der Waals surface area contributed by atoms with E-state index in [1.165, 1.54) is 0 Å². The maximum absolute atomic E-state index is 6.35. The van der Waals surface area contributed by atoms with Crippen molar-refractivity contribution in [2.75, 3.05) is 13.3 Å². The Morgan fingerprint density at radius 1 is 1.47 bits per heavy atom. The van der Waals surface area contributed by atoms with Crippen molar-refractivity contribution < 1.29 is 9.47 Å². The highest BCUT2D eigenvalue weighted by atomic mass is 35.5. The third-order valence-corrected chi connectivity index (χ3v) is 3.51. The average molecular weight is 256 g/mol. The van der Waals surface area contributed by atoms with E-state index in [1.54, 1.807) is 0 Å². The summed E-state index contributed by atoms with van der Waals surface area (Å²) in [6.07, 6.45) is 1.81. The number of rotatable bonds is 4. The maximum Gasteiger partial charge on any atom is 0.231 e. The molecule has 1 aromatic carbocycles. The van der Waals surface area contributed by atoms with E-state index in [2.05, 4.69) is 13.8 Å². The lowest BCUT2D eigenvalue weighted by Crippen LogP contribution is -2.07. The number of benzene rings is 1. The first kappa shape index (κ1) is 12.5. The molecular weight excluding hydrogens is 238 g/mol. The monoisotopic (exact) mass is 255 g/mol. The van der Waals surface area contributed by atoms with Crippen LogP contribution in [0.3, 0.4) is 0 Å². The maximum atomic E-state index is 6.35. The first-order valence-electron chi connectivity index (χ1n) is 6.00. The van der Waals surface area contributed by atoms with Gasteiger partial charge in [0.2, 0.25) is 6.79 Å². The highest BCUT2D eigenvalue weighted by molar-refractivity contribution is 6.31. The third-order valence-electron chi connectivity index (χ3n) is 3.20. The Kier molecular flexibility index (Phi) is 3.79. The van der Waals surface area contributed by atoms with Gasteiger partial charge in [0.05, 0.1) is 0 Å². The molecule has 0 amide bonds. The molecule has 3 nitrogen and oxygen atoms in total. The van der Waals surface area contributed by atoms with Crippen LogP contribution in [-0.4, -0.2) is 13.3 Å². The van der Waals surface area contributed by atoms with E-state index in [9.17, 15) is 0 Å². The van der Waals surface area contributed by atoms with Gasteiger partial charge in [-0.05, 0) is 30.9 Å². The molecule has 1 heterocycles. The summed E-state index contributed by atoms with van der Waals surface area (Å²) in [5.41, 5.74) is 7.94. The molecule has 1 aromatic rings. The van der Waals surface area contributed by atoms with E-state index >= 15 is 0 Å². The normalized spacial score (nSPS) is 15.1. The first-order chi connectivity index (χ1) is 8.19. The van der Waals surface area contributed by atoms with Gasteiger partial charge in [0.1, 0.15) is 0 Å². The van der Waals surface area contributed by atoms with E-state index in [0.717, 1.165) is 40.5 Å². The number of hydrogen-bond donors (Lipinski definition) is 1. The van der Waals surface area contributed by atoms with E-state index in [-0.39, 0.29) is 6.79 Å². The van der Waals surface area contributed by atoms with Gasteiger partial charge in [0.25, 0.3) is 0 Å². The van der Waals surface area contributed by atoms with Gasteiger partial charge in [-0.1, -0.05) is 25.4 Å². The summed E-state index contributed by atoms with van der Waals surface area (Å²) in [6, 6.07) is 1.85. The molecule has 1 atom stereocenters. The smallest absolute Gasteiger partial charge is 0.231 e. The van der Waals surface area contributed by atoms with Crippen molar-refractivity contribution in [3.63, 3.8) is 0 Å². The number of fused-ring (bicyclic) bond motifs is 1. The highest BCUT2D eigenvalue weighted by Gasteiger charge is 2.24. The molecule has 1 unspecified atom stereocenters. The summed E-state index contributed by atoms with van der Waals surface area (Å²) in [7, 11) is 0. The van der Waals surface area contributed by atoms with Crippen molar-refractivity contribution in [1.82, 2.24) is 0 Å². The number of nitrogens with two attached hydrogens (primary N) is 1. The molecule has 1 aliphatic heterocycles. The average Bonchev–Trinajstić information content (AvgIpc) is 2.74. The summed E-state index contributed by atoms with van der Waals surface area (Å²) >= 11 is 6.35. The molecule has 2 rings (SSSR count). The molecule has 0 aliphatic carbocycles. The van der Waals surface area contributed by atoms with E-state index in [4.69, 9.17) is 26.8 Å². The summed E-state index contributed by atoms with van der Waals surface area (Å²) in [5.74, 6) is 1.96. The standard InChI is InChI=1S/C13H18ClNO2/c1-3-9-12(8(2)4-5-15)10(14)6-11-13(9)17-7-16-11/h6,8H,3-5,7,15H2,1-2H3. The van der Waals surface area contributed by atoms with Crippen molar-refractivity contribution in [1.29, 1.82) is 0 Å². The lowest BCUT2D eigenvalue weighted by molar-refractivity contribution is 0.173. The van der Waals surface area contributed by atoms with Crippen molar-refractivity contribution in [3.05, 3.63) is 22.2 Å². The van der Waals surface area contributed by atoms with Crippen LogP contribution in [0.4, 0.5) is 0 Å². The molecule has 1 aliphatic rings. The molecule has 0 spiro atoms. The Labute approximate surface area is 107 Å². The van der Waals surface area contributed by atoms with E-state index in [1.807, 2.05) is 6.07 Å². The Morgan fingerprint density at radius 2 is 2.24 bits per heavy atom. The second-order valence-corrected chi connectivity index (χ2v) is 4.72. The zero-order valence-corrected chi connectivity index (χ0v) is 11.0. The second-order valence-electron chi connectivity index (χ2n) is 4.32. The minimum absolute atomic E-state index is 0.285. The van der Waals surface area contributed by atoms with Crippen LogP contribution in [0, 0.1) is 0 Å². The van der Waals surface area contributed by atoms with Crippen LogP contribution in [0.15, 0.2) is 6.07 Å². The van der Waals surface area contributed by atoms with E-state index in [0.29, 0.717) is 12.5 Å². The van der Waals surface area contributed by atoms with Gasteiger partial charge in [0.15, 0.2) is 11.5 Å². The molecule has 0 aromatic heterocycles. The minimum Gasteiger partial charge on any atom is -0.454 e. The van der Waals surface area contributed by atoms with Crippen LogP contribution in [-0.2, 0) is 6.42 Å². The lowest BCUT2D eigenvalue weighted by atomic mass is 9.91. The molecule has 94 valence electrons. The largest absolute Gasteiger partial charge is 0.454 e. The van der Waals surface area contributed by atoms with Gasteiger partial charge in [-0.15, -0.1) is 0 Å². The van der Waals surface area contributed by atoms with Gasteiger partial charge < -0.3 is 15.2 Å². The summed E-state index contributed by atoms with van der Waals surface area (Å²) in [6.45, 7) is 5.20. The Hall–Kier alpha value is -0.930. The topological polar surface area (TPSA) is 44.5 Å².